The van der Waals surface area contributed by atoms with Crippen molar-refractivity contribution >= 4 is 31.4 Å². The maximum absolute atomic E-state index is 13.2. The second kappa shape index (κ2) is 8.58. The zero-order valence-electron chi connectivity index (χ0n) is 15.5. The van der Waals surface area contributed by atoms with E-state index in [1.54, 1.807) is 17.5 Å². The molecular formula is C18H23FN2O4S3. The number of aryl methyl sites for hydroxylation is 1. The molecule has 2 aromatic rings. The lowest BCUT2D eigenvalue weighted by Crippen LogP contribution is -2.44. The molecule has 3 rings (SSSR count). The van der Waals surface area contributed by atoms with E-state index < -0.39 is 25.9 Å². The minimum atomic E-state index is -3.79. The summed E-state index contributed by atoms with van der Waals surface area (Å²) in [7, 11) is -7.35. The van der Waals surface area contributed by atoms with E-state index in [1.807, 2.05) is 0 Å². The molecule has 0 aliphatic carbocycles. The summed E-state index contributed by atoms with van der Waals surface area (Å²) in [4.78, 5) is 0.0283. The molecule has 0 spiro atoms. The van der Waals surface area contributed by atoms with E-state index in [1.165, 1.54) is 34.7 Å². The Balaban J connectivity index is 1.69. The van der Waals surface area contributed by atoms with Crippen molar-refractivity contribution in [2.75, 3.05) is 13.1 Å². The molecule has 1 fully saturated rings. The Labute approximate surface area is 169 Å². The predicted octanol–water partition coefficient (Wildman–Crippen LogP) is 3.11. The average molecular weight is 447 g/mol. The van der Waals surface area contributed by atoms with E-state index in [4.69, 9.17) is 0 Å². The Hall–Kier alpha value is -1.33. The number of hydrogen-bond donors (Lipinski definition) is 1. The molecule has 1 atom stereocenters. The number of rotatable bonds is 7. The molecule has 0 bridgehead atoms. The second-order valence-electron chi connectivity index (χ2n) is 6.79. The molecule has 0 amide bonds. The Morgan fingerprint density at radius 1 is 1.21 bits per heavy atom. The van der Waals surface area contributed by atoms with Crippen molar-refractivity contribution in [1.82, 2.24) is 9.03 Å². The molecule has 0 saturated carbocycles. The molecule has 28 heavy (non-hydrogen) atoms. The molecule has 1 aromatic heterocycles. The summed E-state index contributed by atoms with van der Waals surface area (Å²) in [5, 5.41) is 1.73. The van der Waals surface area contributed by atoms with E-state index in [2.05, 4.69) is 4.72 Å². The van der Waals surface area contributed by atoms with Crippen LogP contribution in [0.15, 0.2) is 44.8 Å². The van der Waals surface area contributed by atoms with E-state index in [0.29, 0.717) is 29.2 Å². The zero-order valence-corrected chi connectivity index (χ0v) is 17.9. The summed E-state index contributed by atoms with van der Waals surface area (Å²) in [6.07, 6.45) is 2.78. The lowest BCUT2D eigenvalue weighted by Gasteiger charge is -2.34. The van der Waals surface area contributed by atoms with Crippen LogP contribution in [0, 0.1) is 12.7 Å². The maximum atomic E-state index is 13.2. The summed E-state index contributed by atoms with van der Waals surface area (Å²) >= 11 is 1.18. The van der Waals surface area contributed by atoms with Crippen molar-refractivity contribution in [3.8, 4) is 0 Å². The van der Waals surface area contributed by atoms with E-state index >= 15 is 0 Å². The fourth-order valence-corrected chi connectivity index (χ4v) is 7.57. The monoisotopic (exact) mass is 446 g/mol. The van der Waals surface area contributed by atoms with Crippen molar-refractivity contribution < 1.29 is 21.2 Å². The van der Waals surface area contributed by atoms with Gasteiger partial charge in [-0.15, -0.1) is 11.3 Å². The van der Waals surface area contributed by atoms with Gasteiger partial charge in [-0.2, -0.15) is 4.31 Å². The molecule has 2 heterocycles. The van der Waals surface area contributed by atoms with E-state index in [9.17, 15) is 21.2 Å². The fourth-order valence-electron chi connectivity index (χ4n) is 3.46. The quantitative estimate of drug-likeness (QED) is 0.708. The third-order valence-electron chi connectivity index (χ3n) is 4.83. The highest BCUT2D eigenvalue weighted by Crippen LogP contribution is 2.29. The van der Waals surface area contributed by atoms with Gasteiger partial charge in [0.25, 0.3) is 10.0 Å². The van der Waals surface area contributed by atoms with E-state index in [0.717, 1.165) is 18.9 Å². The minimum Gasteiger partial charge on any atom is -0.211 e. The Bertz CT molecular complexity index is 1020. The van der Waals surface area contributed by atoms with Crippen LogP contribution in [-0.2, 0) is 20.0 Å². The van der Waals surface area contributed by atoms with Crippen LogP contribution in [0.25, 0.3) is 0 Å². The Morgan fingerprint density at radius 3 is 2.68 bits per heavy atom. The first-order valence-electron chi connectivity index (χ1n) is 9.03. The van der Waals surface area contributed by atoms with Crippen LogP contribution in [0.2, 0.25) is 0 Å². The topological polar surface area (TPSA) is 83.6 Å². The molecule has 1 aromatic carbocycles. The highest BCUT2D eigenvalue weighted by Gasteiger charge is 2.34. The van der Waals surface area contributed by atoms with Crippen molar-refractivity contribution in [2.24, 2.45) is 0 Å². The summed E-state index contributed by atoms with van der Waals surface area (Å²) < 4.78 is 68.3. The lowest BCUT2D eigenvalue weighted by molar-refractivity contribution is 0.242. The molecule has 1 aliphatic heterocycles. The minimum absolute atomic E-state index is 0.0283. The molecule has 1 unspecified atom stereocenters. The smallest absolute Gasteiger partial charge is 0.211 e. The molecule has 6 nitrogen and oxygen atoms in total. The zero-order chi connectivity index (χ0) is 20.4. The van der Waals surface area contributed by atoms with Crippen molar-refractivity contribution in [1.29, 1.82) is 0 Å². The summed E-state index contributed by atoms with van der Waals surface area (Å²) in [6, 6.07) is 6.56. The van der Waals surface area contributed by atoms with Gasteiger partial charge in [-0.1, -0.05) is 12.5 Å². The summed E-state index contributed by atoms with van der Waals surface area (Å²) in [5.74, 6) is -0.493. The average Bonchev–Trinajstić information content (AvgIpc) is 3.17. The van der Waals surface area contributed by atoms with Gasteiger partial charge in [0.2, 0.25) is 10.0 Å². The van der Waals surface area contributed by atoms with Crippen LogP contribution < -0.4 is 4.72 Å². The number of hydrogen-bond acceptors (Lipinski definition) is 5. The number of piperidine rings is 1. The third-order valence-corrected chi connectivity index (χ3v) is 9.77. The first kappa shape index (κ1) is 21.4. The standard InChI is InChI=1S/C18H23FN2O4S3/c1-14-13-15(19)7-8-17(14)27(22,23)20-10-9-16-5-2-3-11-21(16)28(24,25)18-6-4-12-26-18/h4,6-8,12-13,16,20H,2-3,5,9-11H2,1H3. The first-order valence-corrected chi connectivity index (χ1v) is 12.8. The van der Waals surface area contributed by atoms with Gasteiger partial charge >= 0.3 is 0 Å². The highest BCUT2D eigenvalue weighted by atomic mass is 32.2. The first-order chi connectivity index (χ1) is 13.2. The van der Waals surface area contributed by atoms with Crippen molar-refractivity contribution in [3.05, 3.63) is 47.1 Å². The van der Waals surface area contributed by atoms with Crippen LogP contribution in [0.3, 0.4) is 0 Å². The van der Waals surface area contributed by atoms with Gasteiger partial charge in [0.15, 0.2) is 0 Å². The van der Waals surface area contributed by atoms with Crippen LogP contribution >= 0.6 is 11.3 Å². The predicted molar refractivity (Wildman–Crippen MR) is 107 cm³/mol. The number of nitrogens with zero attached hydrogens (tertiary/aromatic N) is 1. The number of nitrogens with one attached hydrogen (secondary N) is 1. The largest absolute Gasteiger partial charge is 0.252 e. The van der Waals surface area contributed by atoms with Gasteiger partial charge in [-0.25, -0.2) is 25.9 Å². The molecular weight excluding hydrogens is 423 g/mol. The highest BCUT2D eigenvalue weighted by molar-refractivity contribution is 7.91. The number of benzene rings is 1. The third kappa shape index (κ3) is 4.62. The van der Waals surface area contributed by atoms with Gasteiger partial charge in [0, 0.05) is 19.1 Å². The fraction of sp³-hybridized carbons (Fsp3) is 0.444. The lowest BCUT2D eigenvalue weighted by atomic mass is 10.0. The molecule has 10 heteroatoms. The second-order valence-corrected chi connectivity index (χ2v) is 11.6. The SMILES string of the molecule is Cc1cc(F)ccc1S(=O)(=O)NCCC1CCCCN1S(=O)(=O)c1cccs1. The van der Waals surface area contributed by atoms with Gasteiger partial charge in [-0.3, -0.25) is 0 Å². The van der Waals surface area contributed by atoms with Crippen molar-refractivity contribution in [3.63, 3.8) is 0 Å². The molecule has 1 aliphatic rings. The van der Waals surface area contributed by atoms with Crippen LogP contribution in [0.5, 0.6) is 0 Å². The van der Waals surface area contributed by atoms with Gasteiger partial charge in [-0.05, 0) is 61.4 Å². The Kier molecular flexibility index (Phi) is 6.55. The molecule has 0 radical (unpaired) electrons. The number of sulfonamides is 2. The van der Waals surface area contributed by atoms with Gasteiger partial charge < -0.3 is 0 Å². The summed E-state index contributed by atoms with van der Waals surface area (Å²) in [5.41, 5.74) is 0.326. The van der Waals surface area contributed by atoms with Crippen molar-refractivity contribution in [2.45, 2.75) is 47.8 Å². The normalized spacial score (nSPS) is 19.0. The van der Waals surface area contributed by atoms with Gasteiger partial charge in [0.05, 0.1) is 4.90 Å². The van der Waals surface area contributed by atoms with Crippen LogP contribution in [0.1, 0.15) is 31.2 Å². The Morgan fingerprint density at radius 2 is 2.00 bits per heavy atom. The number of thiophene rings is 1. The maximum Gasteiger partial charge on any atom is 0.252 e. The molecule has 1 saturated heterocycles. The summed E-state index contributed by atoms with van der Waals surface area (Å²) in [6.45, 7) is 2.09. The molecule has 1 N–H and O–H groups in total. The van der Waals surface area contributed by atoms with E-state index in [-0.39, 0.29) is 17.5 Å². The number of halogens is 1. The molecule has 154 valence electrons. The van der Waals surface area contributed by atoms with Crippen LogP contribution in [0.4, 0.5) is 4.39 Å². The van der Waals surface area contributed by atoms with Crippen LogP contribution in [-0.4, -0.2) is 40.3 Å². The van der Waals surface area contributed by atoms with Gasteiger partial charge in [0.1, 0.15) is 10.0 Å².